The van der Waals surface area contributed by atoms with E-state index < -0.39 is 0 Å². The molecule has 172 valence electrons. The molecule has 7 nitrogen and oxygen atoms in total. The predicted molar refractivity (Wildman–Crippen MR) is 128 cm³/mol. The second-order valence-electron chi connectivity index (χ2n) is 8.77. The molecule has 1 aromatic heterocycles. The van der Waals surface area contributed by atoms with Crippen molar-refractivity contribution in [2.45, 2.75) is 39.0 Å². The summed E-state index contributed by atoms with van der Waals surface area (Å²) in [6.45, 7) is 4.71. The lowest BCUT2D eigenvalue weighted by Gasteiger charge is -2.39. The van der Waals surface area contributed by atoms with Gasteiger partial charge in [-0.1, -0.05) is 30.3 Å². The summed E-state index contributed by atoms with van der Waals surface area (Å²) >= 11 is 0. The molecule has 5 rings (SSSR count). The third kappa shape index (κ3) is 4.51. The van der Waals surface area contributed by atoms with Crippen LogP contribution in [0.2, 0.25) is 0 Å². The van der Waals surface area contributed by atoms with E-state index in [1.807, 2.05) is 54.0 Å². The van der Waals surface area contributed by atoms with Gasteiger partial charge in [0.1, 0.15) is 5.75 Å². The largest absolute Gasteiger partial charge is 0.497 e. The molecule has 0 radical (unpaired) electrons. The Morgan fingerprint density at radius 1 is 1.09 bits per heavy atom. The Balaban J connectivity index is 1.54. The van der Waals surface area contributed by atoms with E-state index in [-0.39, 0.29) is 11.7 Å². The Kier molecular flexibility index (Phi) is 6.15. The van der Waals surface area contributed by atoms with Gasteiger partial charge in [0.25, 0.3) is 5.56 Å². The van der Waals surface area contributed by atoms with E-state index in [4.69, 9.17) is 14.5 Å². The Morgan fingerprint density at radius 3 is 2.58 bits per heavy atom. The number of hydrogen-bond acceptors (Lipinski definition) is 6. The molecule has 2 aliphatic heterocycles. The first-order chi connectivity index (χ1) is 16.1. The molecule has 0 N–H and O–H groups in total. The average Bonchev–Trinajstić information content (AvgIpc) is 3.36. The van der Waals surface area contributed by atoms with E-state index in [2.05, 4.69) is 21.9 Å². The van der Waals surface area contributed by atoms with E-state index in [1.54, 1.807) is 7.11 Å². The minimum atomic E-state index is 0.0249. The summed E-state index contributed by atoms with van der Waals surface area (Å²) in [6.07, 6.45) is 2.94. The van der Waals surface area contributed by atoms with Crippen molar-refractivity contribution in [1.29, 1.82) is 0 Å². The number of methoxy groups -OCH3 is 1. The lowest BCUT2D eigenvalue weighted by atomic mass is 10.1. The van der Waals surface area contributed by atoms with Crippen LogP contribution in [0.25, 0.3) is 0 Å². The third-order valence-electron chi connectivity index (χ3n) is 6.47. The first kappa shape index (κ1) is 21.7. The zero-order valence-electron chi connectivity index (χ0n) is 19.2. The summed E-state index contributed by atoms with van der Waals surface area (Å²) in [6, 6.07) is 18.0. The van der Waals surface area contributed by atoms with Crippen LogP contribution in [0, 0.1) is 6.92 Å². The summed E-state index contributed by atoms with van der Waals surface area (Å²) in [5, 5.41) is 0. The smallest absolute Gasteiger partial charge is 0.259 e. The number of ether oxygens (including phenoxy) is 2. The molecule has 1 saturated heterocycles. The minimum absolute atomic E-state index is 0.0249. The second-order valence-corrected chi connectivity index (χ2v) is 8.77. The first-order valence-corrected chi connectivity index (χ1v) is 11.5. The molecule has 3 aromatic rings. The molecule has 3 heterocycles. The topological polar surface area (TPSA) is 59.8 Å². The summed E-state index contributed by atoms with van der Waals surface area (Å²) in [5.74, 6) is 1.48. The van der Waals surface area contributed by atoms with Gasteiger partial charge in [0.05, 0.1) is 32.2 Å². The molecule has 2 aromatic carbocycles. The highest BCUT2D eigenvalue weighted by Gasteiger charge is 2.30. The Bertz CT molecular complexity index is 1150. The van der Waals surface area contributed by atoms with E-state index >= 15 is 0 Å². The Morgan fingerprint density at radius 2 is 1.88 bits per heavy atom. The quantitative estimate of drug-likeness (QED) is 0.576. The molecular formula is C26H30N4O3. The standard InChI is InChI=1S/C26H30N4O3/c1-19-24(15-20-7-4-3-5-8-20)25(31)30-18-28(16-23-9-6-14-33-23)17-29(26(30)27-19)21-10-12-22(32-2)13-11-21/h3-5,7-8,10-13,23H,6,9,14-18H2,1-2H3/t23-/m0/s1. The lowest BCUT2D eigenvalue weighted by Crippen LogP contribution is -2.50. The molecule has 1 atom stereocenters. The van der Waals surface area contributed by atoms with Crippen molar-refractivity contribution >= 4 is 11.6 Å². The van der Waals surface area contributed by atoms with Crippen molar-refractivity contribution in [3.63, 3.8) is 0 Å². The number of rotatable bonds is 6. The van der Waals surface area contributed by atoms with Gasteiger partial charge in [-0.25, -0.2) is 4.98 Å². The fraction of sp³-hybridized carbons (Fsp3) is 0.385. The average molecular weight is 447 g/mol. The highest BCUT2D eigenvalue weighted by molar-refractivity contribution is 5.59. The van der Waals surface area contributed by atoms with E-state index in [0.29, 0.717) is 25.7 Å². The molecule has 2 aliphatic rings. The zero-order chi connectivity index (χ0) is 22.8. The highest BCUT2D eigenvalue weighted by atomic mass is 16.5. The molecule has 7 heteroatoms. The lowest BCUT2D eigenvalue weighted by molar-refractivity contribution is 0.0584. The number of fused-ring (bicyclic) bond motifs is 1. The van der Waals surface area contributed by atoms with Crippen LogP contribution in [-0.4, -0.2) is 47.5 Å². The third-order valence-corrected chi connectivity index (χ3v) is 6.47. The molecule has 0 amide bonds. The van der Waals surface area contributed by atoms with Crippen LogP contribution in [0.3, 0.4) is 0 Å². The van der Waals surface area contributed by atoms with Crippen molar-refractivity contribution in [2.75, 3.05) is 31.8 Å². The fourth-order valence-corrected chi connectivity index (χ4v) is 4.68. The van der Waals surface area contributed by atoms with Crippen molar-refractivity contribution in [1.82, 2.24) is 14.5 Å². The molecular weight excluding hydrogens is 416 g/mol. The van der Waals surface area contributed by atoms with Gasteiger partial charge >= 0.3 is 0 Å². The van der Waals surface area contributed by atoms with Gasteiger partial charge in [-0.15, -0.1) is 0 Å². The van der Waals surface area contributed by atoms with Crippen LogP contribution < -0.4 is 15.2 Å². The minimum Gasteiger partial charge on any atom is -0.497 e. The first-order valence-electron chi connectivity index (χ1n) is 11.5. The Labute approximate surface area is 194 Å². The molecule has 33 heavy (non-hydrogen) atoms. The highest BCUT2D eigenvalue weighted by Crippen LogP contribution is 2.30. The number of aromatic nitrogens is 2. The zero-order valence-corrected chi connectivity index (χ0v) is 19.2. The number of hydrogen-bond donors (Lipinski definition) is 0. The molecule has 0 spiro atoms. The number of anilines is 2. The van der Waals surface area contributed by atoms with Crippen LogP contribution in [0.4, 0.5) is 11.6 Å². The second kappa shape index (κ2) is 9.37. The van der Waals surface area contributed by atoms with Gasteiger partial charge in [0.2, 0.25) is 5.95 Å². The Hall–Kier alpha value is -3.16. The number of benzene rings is 2. The van der Waals surface area contributed by atoms with Gasteiger partial charge in [-0.05, 0) is 49.6 Å². The van der Waals surface area contributed by atoms with Crippen LogP contribution in [0.15, 0.2) is 59.4 Å². The van der Waals surface area contributed by atoms with Crippen molar-refractivity contribution in [3.8, 4) is 5.75 Å². The fourth-order valence-electron chi connectivity index (χ4n) is 4.68. The van der Waals surface area contributed by atoms with Crippen LogP contribution in [0.1, 0.15) is 29.7 Å². The van der Waals surface area contributed by atoms with Crippen molar-refractivity contribution in [3.05, 3.63) is 81.8 Å². The summed E-state index contributed by atoms with van der Waals surface area (Å²) < 4.78 is 13.0. The van der Waals surface area contributed by atoms with Crippen LogP contribution >= 0.6 is 0 Å². The maximum absolute atomic E-state index is 13.7. The van der Waals surface area contributed by atoms with Gasteiger partial charge in [-0.2, -0.15) is 0 Å². The van der Waals surface area contributed by atoms with Gasteiger partial charge in [0.15, 0.2) is 0 Å². The van der Waals surface area contributed by atoms with Gasteiger partial charge in [0, 0.05) is 30.8 Å². The monoisotopic (exact) mass is 446 g/mol. The molecule has 1 fully saturated rings. The summed E-state index contributed by atoms with van der Waals surface area (Å²) in [5.41, 5.74) is 3.64. The van der Waals surface area contributed by atoms with E-state index in [9.17, 15) is 4.79 Å². The molecule has 0 aliphatic carbocycles. The van der Waals surface area contributed by atoms with Gasteiger partial charge < -0.3 is 9.47 Å². The normalized spacial score (nSPS) is 18.4. The summed E-state index contributed by atoms with van der Waals surface area (Å²) in [7, 11) is 1.66. The molecule has 0 bridgehead atoms. The number of nitrogens with zero attached hydrogens (tertiary/aromatic N) is 4. The van der Waals surface area contributed by atoms with Crippen molar-refractivity contribution < 1.29 is 9.47 Å². The van der Waals surface area contributed by atoms with Crippen LogP contribution in [-0.2, 0) is 17.8 Å². The maximum atomic E-state index is 13.7. The van der Waals surface area contributed by atoms with Crippen LogP contribution in [0.5, 0.6) is 5.75 Å². The maximum Gasteiger partial charge on any atom is 0.259 e. The summed E-state index contributed by atoms with van der Waals surface area (Å²) in [4.78, 5) is 23.0. The van der Waals surface area contributed by atoms with E-state index in [1.165, 1.54) is 0 Å². The SMILES string of the molecule is COc1ccc(N2CN(C[C@@H]3CCCO3)Cn3c2nc(C)c(Cc2ccccc2)c3=O)cc1. The van der Waals surface area contributed by atoms with Gasteiger partial charge in [-0.3, -0.25) is 19.2 Å². The van der Waals surface area contributed by atoms with E-state index in [0.717, 1.165) is 54.3 Å². The predicted octanol–water partition coefficient (Wildman–Crippen LogP) is 3.70. The molecule has 0 unspecified atom stereocenters. The number of aryl methyl sites for hydroxylation is 1. The van der Waals surface area contributed by atoms with Crippen molar-refractivity contribution in [2.24, 2.45) is 0 Å². The molecule has 0 saturated carbocycles.